The number of hydrogen-bond acceptors (Lipinski definition) is 2. The van der Waals surface area contributed by atoms with Crippen molar-refractivity contribution in [2.75, 3.05) is 0 Å². The summed E-state index contributed by atoms with van der Waals surface area (Å²) in [7, 11) is -6.26. The predicted octanol–water partition coefficient (Wildman–Crippen LogP) is -3.61. The van der Waals surface area contributed by atoms with Crippen molar-refractivity contribution in [1.82, 2.24) is 0 Å². The summed E-state index contributed by atoms with van der Waals surface area (Å²) < 4.78 is 17.5. The zero-order valence-electron chi connectivity index (χ0n) is 4.61. The second-order valence-corrected chi connectivity index (χ2v) is 1.70. The van der Waals surface area contributed by atoms with Crippen LogP contribution in [0.2, 0.25) is 0 Å². The third kappa shape index (κ3) is 415. The van der Waals surface area contributed by atoms with Gasteiger partial charge in [0.2, 0.25) is 0 Å². The Kier molecular flexibility index (Phi) is 21.7. The van der Waals surface area contributed by atoms with E-state index in [0.717, 1.165) is 0 Å². The molecule has 0 aromatic rings. The van der Waals surface area contributed by atoms with Crippen molar-refractivity contribution in [2.24, 2.45) is 0 Å². The summed E-state index contributed by atoms with van der Waals surface area (Å²) in [6, 6.07) is 0. The van der Waals surface area contributed by atoms with Crippen molar-refractivity contribution in [2.45, 2.75) is 0 Å². The maximum absolute atomic E-state index is 8.74. The molecular formula is H4O6RbSi2. The molecule has 49 valence electrons. The van der Waals surface area contributed by atoms with Crippen molar-refractivity contribution in [3.05, 3.63) is 0 Å². The molecule has 1 radical (unpaired) electrons. The van der Waals surface area contributed by atoms with Gasteiger partial charge in [-0.25, -0.2) is 0 Å². The van der Waals surface area contributed by atoms with E-state index in [-0.39, 0.29) is 58.2 Å². The summed E-state index contributed by atoms with van der Waals surface area (Å²) in [5, 5.41) is 0. The molecule has 0 aromatic heterocycles. The molecule has 0 heterocycles. The van der Waals surface area contributed by atoms with E-state index < -0.39 is 18.3 Å². The fraction of sp³-hybridized carbons (Fsp3) is 0. The van der Waals surface area contributed by atoms with Crippen LogP contribution in [0, 0.1) is 0 Å². The first-order valence-electron chi connectivity index (χ1n) is 1.30. The molecular weight excluding hydrogens is 238 g/mol. The second kappa shape index (κ2) is 11.8. The molecule has 0 fully saturated rings. The van der Waals surface area contributed by atoms with Crippen LogP contribution >= 0.6 is 0 Å². The molecule has 0 saturated carbocycles. The molecule has 0 spiro atoms. The van der Waals surface area contributed by atoms with Gasteiger partial charge in [-0.1, -0.05) is 0 Å². The Balaban J connectivity index is -0.0000000720. The van der Waals surface area contributed by atoms with Crippen LogP contribution in [0.3, 0.4) is 0 Å². The molecule has 0 rings (SSSR count). The van der Waals surface area contributed by atoms with Crippen LogP contribution in [-0.2, 0) is 8.92 Å². The standard InChI is InChI=1S/2H2O3Si.Rb/c2*1-4(2)3;/h2*1-2H;. The Bertz CT molecular complexity index is 69.1. The van der Waals surface area contributed by atoms with E-state index in [4.69, 9.17) is 28.1 Å². The Morgan fingerprint density at radius 1 is 0.778 bits per heavy atom. The van der Waals surface area contributed by atoms with Crippen LogP contribution in [0.15, 0.2) is 0 Å². The zero-order valence-corrected chi connectivity index (χ0v) is 11.5. The monoisotopic (exact) mass is 241 g/mol. The normalized spacial score (nSPS) is 5.33. The fourth-order valence-corrected chi connectivity index (χ4v) is 0. The summed E-state index contributed by atoms with van der Waals surface area (Å²) in [5.41, 5.74) is 0. The summed E-state index contributed by atoms with van der Waals surface area (Å²) in [6.45, 7) is 0. The molecule has 0 aliphatic carbocycles. The van der Waals surface area contributed by atoms with Gasteiger partial charge in [0.25, 0.3) is 0 Å². The van der Waals surface area contributed by atoms with Gasteiger partial charge in [-0.05, 0) is 0 Å². The Hall–Kier alpha value is 1.04. The van der Waals surface area contributed by atoms with Crippen LogP contribution in [0.1, 0.15) is 0 Å². The molecule has 0 amide bonds. The van der Waals surface area contributed by atoms with Crippen molar-refractivity contribution >= 4 is 76.5 Å². The van der Waals surface area contributed by atoms with Gasteiger partial charge in [-0.15, -0.1) is 0 Å². The average molecular weight is 242 g/mol. The fourth-order valence-electron chi connectivity index (χ4n) is 0. The van der Waals surface area contributed by atoms with Gasteiger partial charge in [0, 0.05) is 58.2 Å². The molecule has 6 nitrogen and oxygen atoms in total. The minimum Gasteiger partial charge on any atom is -0.511 e. The Morgan fingerprint density at radius 3 is 0.778 bits per heavy atom. The van der Waals surface area contributed by atoms with Crippen LogP contribution in [0.5, 0.6) is 0 Å². The van der Waals surface area contributed by atoms with Crippen LogP contribution in [-0.4, -0.2) is 95.7 Å². The third-order valence-electron chi connectivity index (χ3n) is 0. The van der Waals surface area contributed by atoms with Crippen LogP contribution in [0.4, 0.5) is 0 Å². The minimum atomic E-state index is -3.13. The molecule has 0 unspecified atom stereocenters. The second-order valence-electron chi connectivity index (χ2n) is 0.565. The zero-order chi connectivity index (χ0) is 7.15. The quantitative estimate of drug-likeness (QED) is 0.326. The molecule has 0 aliphatic rings. The molecule has 0 atom stereocenters. The molecule has 0 bridgehead atoms. The topological polar surface area (TPSA) is 115 Å². The van der Waals surface area contributed by atoms with Crippen molar-refractivity contribution in [3.8, 4) is 0 Å². The Labute approximate surface area is 103 Å². The Morgan fingerprint density at radius 2 is 0.778 bits per heavy atom. The van der Waals surface area contributed by atoms with Gasteiger partial charge in [0.1, 0.15) is 0 Å². The van der Waals surface area contributed by atoms with Gasteiger partial charge < -0.3 is 19.2 Å². The minimum absolute atomic E-state index is 0. The van der Waals surface area contributed by atoms with Gasteiger partial charge in [0.15, 0.2) is 0 Å². The first kappa shape index (κ1) is 16.6. The van der Waals surface area contributed by atoms with E-state index in [1.807, 2.05) is 0 Å². The smallest absolute Gasteiger partial charge is 0.511 e. The molecule has 9 heavy (non-hydrogen) atoms. The van der Waals surface area contributed by atoms with Crippen molar-refractivity contribution < 1.29 is 28.1 Å². The van der Waals surface area contributed by atoms with E-state index >= 15 is 0 Å². The maximum Gasteiger partial charge on any atom is 0.761 e. The summed E-state index contributed by atoms with van der Waals surface area (Å²) in [6.07, 6.45) is 0. The molecule has 0 aliphatic heterocycles. The summed E-state index contributed by atoms with van der Waals surface area (Å²) in [4.78, 5) is 28.6. The number of rotatable bonds is 0. The third-order valence-corrected chi connectivity index (χ3v) is 0. The first-order valence-corrected chi connectivity index (χ1v) is 3.91. The summed E-state index contributed by atoms with van der Waals surface area (Å²) in [5.74, 6) is 0. The predicted molar refractivity (Wildman–Crippen MR) is 27.5 cm³/mol. The van der Waals surface area contributed by atoms with Gasteiger partial charge in [-0.3, -0.25) is 8.92 Å². The van der Waals surface area contributed by atoms with E-state index in [9.17, 15) is 0 Å². The van der Waals surface area contributed by atoms with E-state index in [1.54, 1.807) is 0 Å². The molecule has 0 saturated heterocycles. The first-order chi connectivity index (χ1) is 3.46. The SMILES string of the molecule is O=[Si](O)O.O=[Si](O)O.[Rb]. The van der Waals surface area contributed by atoms with E-state index in [2.05, 4.69) is 0 Å². The van der Waals surface area contributed by atoms with Gasteiger partial charge >= 0.3 is 18.3 Å². The van der Waals surface area contributed by atoms with E-state index in [0.29, 0.717) is 0 Å². The molecule has 4 N–H and O–H groups in total. The largest absolute Gasteiger partial charge is 0.761 e. The molecule has 9 heteroatoms. The summed E-state index contributed by atoms with van der Waals surface area (Å²) >= 11 is 0. The van der Waals surface area contributed by atoms with Crippen molar-refractivity contribution in [3.63, 3.8) is 0 Å². The van der Waals surface area contributed by atoms with Gasteiger partial charge in [0.05, 0.1) is 0 Å². The van der Waals surface area contributed by atoms with Crippen molar-refractivity contribution in [1.29, 1.82) is 0 Å². The molecule has 0 aromatic carbocycles. The van der Waals surface area contributed by atoms with Gasteiger partial charge in [-0.2, -0.15) is 0 Å². The van der Waals surface area contributed by atoms with Crippen LogP contribution in [0.25, 0.3) is 0 Å². The average Bonchev–Trinajstić information content (AvgIpc) is 1.25. The number of hydrogen-bond donors (Lipinski definition) is 4. The van der Waals surface area contributed by atoms with Crippen LogP contribution < -0.4 is 0 Å². The maximum atomic E-state index is 8.74. The van der Waals surface area contributed by atoms with E-state index in [1.165, 1.54) is 0 Å².